The molecule has 112 valence electrons. The van der Waals surface area contributed by atoms with Crippen molar-refractivity contribution < 1.29 is 19.7 Å². The number of hydrogen-bond donors (Lipinski definition) is 2. The Balaban J connectivity index is 2.45. The van der Waals surface area contributed by atoms with Crippen LogP contribution in [0.1, 0.15) is 32.4 Å². The second-order valence-corrected chi connectivity index (χ2v) is 5.86. The maximum atomic E-state index is 11.2. The SMILES string of the molecule is C[C@@H](O)c1ccc2ccccc2c1OCC(C)(C)C(=O)O. The summed E-state index contributed by atoms with van der Waals surface area (Å²) in [5.74, 6) is -0.362. The molecule has 0 aromatic heterocycles. The molecule has 2 aromatic rings. The van der Waals surface area contributed by atoms with E-state index in [0.29, 0.717) is 11.3 Å². The highest BCUT2D eigenvalue weighted by Gasteiger charge is 2.29. The minimum atomic E-state index is -0.993. The molecule has 2 rings (SSSR count). The molecule has 0 amide bonds. The van der Waals surface area contributed by atoms with Gasteiger partial charge in [-0.05, 0) is 26.2 Å². The average molecular weight is 288 g/mol. The van der Waals surface area contributed by atoms with Crippen molar-refractivity contribution in [3.63, 3.8) is 0 Å². The van der Waals surface area contributed by atoms with Crippen molar-refractivity contribution in [2.75, 3.05) is 6.61 Å². The Kier molecular flexibility index (Phi) is 4.19. The van der Waals surface area contributed by atoms with E-state index < -0.39 is 17.5 Å². The third-order valence-electron chi connectivity index (χ3n) is 3.52. The minimum Gasteiger partial charge on any atom is -0.491 e. The Morgan fingerprint density at radius 1 is 1.24 bits per heavy atom. The Morgan fingerprint density at radius 2 is 1.90 bits per heavy atom. The van der Waals surface area contributed by atoms with Gasteiger partial charge in [-0.3, -0.25) is 4.79 Å². The Hall–Kier alpha value is -2.07. The zero-order valence-electron chi connectivity index (χ0n) is 12.5. The van der Waals surface area contributed by atoms with Crippen molar-refractivity contribution in [1.82, 2.24) is 0 Å². The molecule has 0 radical (unpaired) electrons. The van der Waals surface area contributed by atoms with Gasteiger partial charge >= 0.3 is 5.97 Å². The number of aliphatic hydroxyl groups is 1. The van der Waals surface area contributed by atoms with Crippen molar-refractivity contribution in [2.24, 2.45) is 5.41 Å². The lowest BCUT2D eigenvalue weighted by Crippen LogP contribution is -2.31. The minimum absolute atomic E-state index is 0.0378. The summed E-state index contributed by atoms with van der Waals surface area (Å²) < 4.78 is 5.80. The summed E-state index contributed by atoms with van der Waals surface area (Å²) >= 11 is 0. The predicted molar refractivity (Wildman–Crippen MR) is 81.5 cm³/mol. The average Bonchev–Trinajstić information content (AvgIpc) is 2.44. The third kappa shape index (κ3) is 3.16. The van der Waals surface area contributed by atoms with Crippen LogP contribution in [0.2, 0.25) is 0 Å². The van der Waals surface area contributed by atoms with Crippen molar-refractivity contribution in [3.8, 4) is 5.75 Å². The van der Waals surface area contributed by atoms with Crippen molar-refractivity contribution >= 4 is 16.7 Å². The van der Waals surface area contributed by atoms with Crippen LogP contribution in [0.4, 0.5) is 0 Å². The van der Waals surface area contributed by atoms with Gasteiger partial charge in [0.25, 0.3) is 0 Å². The molecule has 4 nitrogen and oxygen atoms in total. The van der Waals surface area contributed by atoms with Gasteiger partial charge in [0.2, 0.25) is 0 Å². The summed E-state index contributed by atoms with van der Waals surface area (Å²) in [5.41, 5.74) is -0.331. The van der Waals surface area contributed by atoms with Crippen LogP contribution >= 0.6 is 0 Å². The third-order valence-corrected chi connectivity index (χ3v) is 3.52. The molecule has 0 saturated heterocycles. The molecule has 0 aliphatic carbocycles. The van der Waals surface area contributed by atoms with Crippen LogP contribution in [0.15, 0.2) is 36.4 Å². The molecule has 0 spiro atoms. The topological polar surface area (TPSA) is 66.8 Å². The van der Waals surface area contributed by atoms with Crippen LogP contribution in [0.5, 0.6) is 5.75 Å². The second kappa shape index (κ2) is 5.74. The van der Waals surface area contributed by atoms with Crippen LogP contribution in [0, 0.1) is 5.41 Å². The van der Waals surface area contributed by atoms with Crippen molar-refractivity contribution in [3.05, 3.63) is 42.0 Å². The molecule has 0 fully saturated rings. The number of ether oxygens (including phenoxy) is 1. The molecule has 1 atom stereocenters. The maximum Gasteiger partial charge on any atom is 0.312 e. The normalized spacial score (nSPS) is 13.1. The number of benzene rings is 2. The molecule has 4 heteroatoms. The number of carbonyl (C=O) groups is 1. The zero-order valence-corrected chi connectivity index (χ0v) is 12.5. The van der Waals surface area contributed by atoms with Crippen molar-refractivity contribution in [2.45, 2.75) is 26.9 Å². The fourth-order valence-corrected chi connectivity index (χ4v) is 2.06. The lowest BCUT2D eigenvalue weighted by atomic mass is 9.95. The first kappa shape index (κ1) is 15.3. The fourth-order valence-electron chi connectivity index (χ4n) is 2.06. The highest BCUT2D eigenvalue weighted by molar-refractivity contribution is 5.89. The van der Waals surface area contributed by atoms with Gasteiger partial charge in [-0.25, -0.2) is 0 Å². The van der Waals surface area contributed by atoms with E-state index in [2.05, 4.69) is 0 Å². The Labute approximate surface area is 124 Å². The second-order valence-electron chi connectivity index (χ2n) is 5.86. The van der Waals surface area contributed by atoms with Gasteiger partial charge in [-0.1, -0.05) is 36.4 Å². The number of aliphatic hydroxyl groups excluding tert-OH is 1. The lowest BCUT2D eigenvalue weighted by Gasteiger charge is -2.22. The summed E-state index contributed by atoms with van der Waals surface area (Å²) in [6.45, 7) is 4.93. The molecule has 0 saturated carbocycles. The number of aliphatic carboxylic acids is 1. The quantitative estimate of drug-likeness (QED) is 0.885. The predicted octanol–water partition coefficient (Wildman–Crippen LogP) is 3.38. The van der Waals surface area contributed by atoms with Crippen LogP contribution < -0.4 is 4.74 Å². The summed E-state index contributed by atoms with van der Waals surface area (Å²) in [6, 6.07) is 11.4. The van der Waals surface area contributed by atoms with Crippen LogP contribution in [0.3, 0.4) is 0 Å². The monoisotopic (exact) mass is 288 g/mol. The first-order valence-electron chi connectivity index (χ1n) is 6.89. The smallest absolute Gasteiger partial charge is 0.312 e. The van der Waals surface area contributed by atoms with Gasteiger partial charge < -0.3 is 14.9 Å². The standard InChI is InChI=1S/C17H20O4/c1-11(18)13-9-8-12-6-4-5-7-14(12)15(13)21-10-17(2,3)16(19)20/h4-9,11,18H,10H2,1-3H3,(H,19,20)/t11-/m1/s1. The largest absolute Gasteiger partial charge is 0.491 e. The van der Waals surface area contributed by atoms with Gasteiger partial charge in [0.1, 0.15) is 12.4 Å². The summed E-state index contributed by atoms with van der Waals surface area (Å²) in [7, 11) is 0. The Bertz CT molecular complexity index is 659. The molecule has 2 N–H and O–H groups in total. The van der Waals surface area contributed by atoms with Gasteiger partial charge in [0.05, 0.1) is 11.5 Å². The number of fused-ring (bicyclic) bond motifs is 1. The number of carboxylic acids is 1. The van der Waals surface area contributed by atoms with E-state index >= 15 is 0 Å². The fraction of sp³-hybridized carbons (Fsp3) is 0.353. The number of rotatable bonds is 5. The number of carboxylic acid groups (broad SMARTS) is 1. The first-order chi connectivity index (χ1) is 9.83. The van der Waals surface area contributed by atoms with Gasteiger partial charge in [-0.2, -0.15) is 0 Å². The highest BCUT2D eigenvalue weighted by atomic mass is 16.5. The Morgan fingerprint density at radius 3 is 2.52 bits per heavy atom. The molecule has 0 unspecified atom stereocenters. The van der Waals surface area contributed by atoms with Crippen LogP contribution in [0.25, 0.3) is 10.8 Å². The molecule has 0 bridgehead atoms. The first-order valence-corrected chi connectivity index (χ1v) is 6.89. The van der Waals surface area contributed by atoms with E-state index in [0.717, 1.165) is 10.8 Å². The lowest BCUT2D eigenvalue weighted by molar-refractivity contribution is -0.148. The van der Waals surface area contributed by atoms with E-state index in [4.69, 9.17) is 4.74 Å². The van der Waals surface area contributed by atoms with E-state index in [1.807, 2.05) is 36.4 Å². The number of hydrogen-bond acceptors (Lipinski definition) is 3. The molecule has 0 heterocycles. The van der Waals surface area contributed by atoms with E-state index in [1.54, 1.807) is 20.8 Å². The molecule has 0 aliphatic heterocycles. The molecular formula is C17H20O4. The zero-order chi connectivity index (χ0) is 15.6. The summed E-state index contributed by atoms with van der Waals surface area (Å²) in [6.07, 6.45) is -0.683. The molecule has 2 aromatic carbocycles. The van der Waals surface area contributed by atoms with Gasteiger partial charge in [0.15, 0.2) is 0 Å². The molecule has 0 aliphatic rings. The summed E-state index contributed by atoms with van der Waals surface area (Å²) in [4.78, 5) is 11.2. The van der Waals surface area contributed by atoms with Gasteiger partial charge in [0, 0.05) is 10.9 Å². The summed E-state index contributed by atoms with van der Waals surface area (Å²) in [5, 5.41) is 21.0. The highest BCUT2D eigenvalue weighted by Crippen LogP contribution is 2.34. The van der Waals surface area contributed by atoms with Crippen molar-refractivity contribution in [1.29, 1.82) is 0 Å². The van der Waals surface area contributed by atoms with Gasteiger partial charge in [-0.15, -0.1) is 0 Å². The van der Waals surface area contributed by atoms with E-state index in [9.17, 15) is 15.0 Å². The maximum absolute atomic E-state index is 11.2. The molecular weight excluding hydrogens is 268 g/mol. The van der Waals surface area contributed by atoms with Crippen LogP contribution in [-0.2, 0) is 4.79 Å². The van der Waals surface area contributed by atoms with E-state index in [-0.39, 0.29) is 6.61 Å². The van der Waals surface area contributed by atoms with E-state index in [1.165, 1.54) is 0 Å². The van der Waals surface area contributed by atoms with Crippen LogP contribution in [-0.4, -0.2) is 22.8 Å². The molecule has 21 heavy (non-hydrogen) atoms.